The zero-order valence-electron chi connectivity index (χ0n) is 11.9. The first kappa shape index (κ1) is 15.3. The average molecular weight is 271 g/mol. The molecule has 5 heteroatoms. The van der Waals surface area contributed by atoms with Crippen LogP contribution in [0, 0.1) is 5.92 Å². The number of amides is 1. The zero-order chi connectivity index (χ0) is 13.5. The van der Waals surface area contributed by atoms with Gasteiger partial charge in [-0.25, -0.2) is 0 Å². The van der Waals surface area contributed by atoms with Crippen molar-refractivity contribution in [3.8, 4) is 0 Å². The third kappa shape index (κ3) is 4.52. The van der Waals surface area contributed by atoms with Gasteiger partial charge >= 0.3 is 0 Å². The van der Waals surface area contributed by atoms with Crippen molar-refractivity contribution in [1.29, 1.82) is 0 Å². The molecule has 0 aromatic heterocycles. The minimum atomic E-state index is 0.202. The molecular formula is C13H25N3OS. The molecule has 18 heavy (non-hydrogen) atoms. The Kier molecular flexibility index (Phi) is 6.54. The number of rotatable bonds is 6. The van der Waals surface area contributed by atoms with Gasteiger partial charge in [-0.05, 0) is 19.8 Å². The van der Waals surface area contributed by atoms with Crippen molar-refractivity contribution in [3.63, 3.8) is 0 Å². The molecule has 1 aliphatic heterocycles. The molecule has 1 aliphatic rings. The lowest BCUT2D eigenvalue weighted by Crippen LogP contribution is -2.32. The summed E-state index contributed by atoms with van der Waals surface area (Å²) in [4.78, 5) is 18.1. The van der Waals surface area contributed by atoms with E-state index < -0.39 is 0 Å². The molecule has 1 heterocycles. The van der Waals surface area contributed by atoms with E-state index in [0.29, 0.717) is 24.9 Å². The Morgan fingerprint density at radius 3 is 2.67 bits per heavy atom. The number of hydrogen-bond donors (Lipinski definition) is 1. The van der Waals surface area contributed by atoms with Gasteiger partial charge in [0.1, 0.15) is 0 Å². The van der Waals surface area contributed by atoms with Gasteiger partial charge in [0, 0.05) is 31.3 Å². The van der Waals surface area contributed by atoms with Gasteiger partial charge < -0.3 is 10.2 Å². The Morgan fingerprint density at radius 1 is 1.50 bits per heavy atom. The zero-order valence-corrected chi connectivity index (χ0v) is 12.7. The van der Waals surface area contributed by atoms with E-state index in [-0.39, 0.29) is 5.91 Å². The highest BCUT2D eigenvalue weighted by atomic mass is 32.2. The molecule has 0 bridgehead atoms. The number of nitrogens with zero attached hydrogens (tertiary/aromatic N) is 2. The first-order valence-electron chi connectivity index (χ1n) is 6.80. The molecule has 1 amide bonds. The molecule has 1 N–H and O–H groups in total. The van der Waals surface area contributed by atoms with Crippen LogP contribution in [0.4, 0.5) is 0 Å². The molecule has 0 saturated carbocycles. The van der Waals surface area contributed by atoms with Crippen molar-refractivity contribution >= 4 is 22.8 Å². The van der Waals surface area contributed by atoms with Crippen LogP contribution in [0.5, 0.6) is 0 Å². The molecule has 1 atom stereocenters. The van der Waals surface area contributed by atoms with E-state index in [0.717, 1.165) is 24.0 Å². The number of carbonyl (C=O) groups is 1. The number of amidine groups is 1. The summed E-state index contributed by atoms with van der Waals surface area (Å²) in [5, 5.41) is 4.41. The Morgan fingerprint density at radius 2 is 2.17 bits per heavy atom. The molecule has 0 radical (unpaired) electrons. The number of thioether (sulfide) groups is 1. The highest BCUT2D eigenvalue weighted by Crippen LogP contribution is 2.18. The number of aliphatic imine (C=N–C) groups is 1. The predicted molar refractivity (Wildman–Crippen MR) is 79.1 cm³/mol. The molecule has 1 saturated heterocycles. The van der Waals surface area contributed by atoms with Gasteiger partial charge in [0.05, 0.1) is 6.54 Å². The minimum absolute atomic E-state index is 0.202. The standard InChI is InChI=1S/C13H25N3OS/c1-5-16(6-2)12(17)7-8-14-13-15-11(9-18-13)10(3)4/h10-11H,5-9H2,1-4H3,(H,14,15). The fourth-order valence-corrected chi connectivity index (χ4v) is 3.07. The Balaban J connectivity index is 2.31. The quantitative estimate of drug-likeness (QED) is 0.803. The summed E-state index contributed by atoms with van der Waals surface area (Å²) in [7, 11) is 0. The SMILES string of the molecule is CCN(CC)C(=O)CCN=C1NC(C(C)C)CS1. The van der Waals surface area contributed by atoms with Gasteiger partial charge in [-0.2, -0.15) is 0 Å². The fourth-order valence-electron chi connectivity index (χ4n) is 1.85. The maximum Gasteiger partial charge on any atom is 0.224 e. The summed E-state index contributed by atoms with van der Waals surface area (Å²) in [6.45, 7) is 10.6. The summed E-state index contributed by atoms with van der Waals surface area (Å²) >= 11 is 1.76. The minimum Gasteiger partial charge on any atom is -0.361 e. The first-order chi connectivity index (χ1) is 8.58. The highest BCUT2D eigenvalue weighted by Gasteiger charge is 2.22. The van der Waals surface area contributed by atoms with Crippen molar-refractivity contribution in [2.24, 2.45) is 10.9 Å². The van der Waals surface area contributed by atoms with Crippen LogP contribution in [-0.2, 0) is 4.79 Å². The third-order valence-corrected chi connectivity index (χ3v) is 4.26. The molecule has 0 aliphatic carbocycles. The lowest BCUT2D eigenvalue weighted by Gasteiger charge is -2.17. The lowest BCUT2D eigenvalue weighted by molar-refractivity contribution is -0.130. The third-order valence-electron chi connectivity index (χ3n) is 3.21. The maximum atomic E-state index is 11.8. The molecule has 104 valence electrons. The van der Waals surface area contributed by atoms with Crippen LogP contribution in [0.15, 0.2) is 4.99 Å². The van der Waals surface area contributed by atoms with Gasteiger partial charge in [0.2, 0.25) is 5.91 Å². The molecule has 0 aromatic rings. The van der Waals surface area contributed by atoms with Crippen LogP contribution in [0.3, 0.4) is 0 Å². The highest BCUT2D eigenvalue weighted by molar-refractivity contribution is 8.14. The van der Waals surface area contributed by atoms with Crippen molar-refractivity contribution in [1.82, 2.24) is 10.2 Å². The second kappa shape index (κ2) is 7.67. The topological polar surface area (TPSA) is 44.7 Å². The Labute approximate surface area is 115 Å². The van der Waals surface area contributed by atoms with E-state index in [4.69, 9.17) is 0 Å². The summed E-state index contributed by atoms with van der Waals surface area (Å²) in [6.07, 6.45) is 0.514. The van der Waals surface area contributed by atoms with Crippen LogP contribution in [0.2, 0.25) is 0 Å². The van der Waals surface area contributed by atoms with E-state index in [1.165, 1.54) is 0 Å². The van der Waals surface area contributed by atoms with Gasteiger partial charge in [-0.3, -0.25) is 9.79 Å². The summed E-state index contributed by atoms with van der Waals surface area (Å²) in [5.41, 5.74) is 0. The maximum absolute atomic E-state index is 11.8. The molecule has 4 nitrogen and oxygen atoms in total. The second-order valence-electron chi connectivity index (χ2n) is 4.81. The summed E-state index contributed by atoms with van der Waals surface area (Å²) < 4.78 is 0. The first-order valence-corrected chi connectivity index (χ1v) is 7.78. The molecular weight excluding hydrogens is 246 g/mol. The molecule has 0 aromatic carbocycles. The Hall–Kier alpha value is -0.710. The molecule has 1 rings (SSSR count). The molecule has 1 fully saturated rings. The fraction of sp³-hybridized carbons (Fsp3) is 0.846. The summed E-state index contributed by atoms with van der Waals surface area (Å²) in [6, 6.07) is 0.521. The van der Waals surface area contributed by atoms with E-state index in [2.05, 4.69) is 24.2 Å². The Bertz CT molecular complexity index is 301. The van der Waals surface area contributed by atoms with Crippen molar-refractivity contribution in [2.45, 2.75) is 40.2 Å². The van der Waals surface area contributed by atoms with Crippen molar-refractivity contribution in [2.75, 3.05) is 25.4 Å². The van der Waals surface area contributed by atoms with E-state index in [1.54, 1.807) is 11.8 Å². The lowest BCUT2D eigenvalue weighted by atomic mass is 10.1. The van der Waals surface area contributed by atoms with Crippen LogP contribution >= 0.6 is 11.8 Å². The van der Waals surface area contributed by atoms with Crippen molar-refractivity contribution in [3.05, 3.63) is 0 Å². The molecule has 0 spiro atoms. The predicted octanol–water partition coefficient (Wildman–Crippen LogP) is 1.96. The van der Waals surface area contributed by atoms with Crippen LogP contribution in [-0.4, -0.2) is 47.4 Å². The van der Waals surface area contributed by atoms with Gasteiger partial charge in [-0.1, -0.05) is 25.6 Å². The van der Waals surface area contributed by atoms with Crippen LogP contribution in [0.25, 0.3) is 0 Å². The number of nitrogens with one attached hydrogen (secondary N) is 1. The van der Waals surface area contributed by atoms with E-state index >= 15 is 0 Å². The normalized spacial score (nSPS) is 21.4. The van der Waals surface area contributed by atoms with Crippen molar-refractivity contribution < 1.29 is 4.79 Å². The number of hydrogen-bond acceptors (Lipinski definition) is 3. The molecule has 1 unspecified atom stereocenters. The van der Waals surface area contributed by atoms with Gasteiger partial charge in [0.25, 0.3) is 0 Å². The average Bonchev–Trinajstić information content (AvgIpc) is 2.79. The van der Waals surface area contributed by atoms with E-state index in [9.17, 15) is 4.79 Å². The smallest absolute Gasteiger partial charge is 0.224 e. The van der Waals surface area contributed by atoms with Gasteiger partial charge in [-0.15, -0.1) is 0 Å². The second-order valence-corrected chi connectivity index (χ2v) is 5.82. The monoisotopic (exact) mass is 271 g/mol. The van der Waals surface area contributed by atoms with Gasteiger partial charge in [0.15, 0.2) is 5.17 Å². The summed E-state index contributed by atoms with van der Waals surface area (Å²) in [5.74, 6) is 1.91. The van der Waals surface area contributed by atoms with Crippen LogP contribution in [0.1, 0.15) is 34.1 Å². The number of carbonyl (C=O) groups excluding carboxylic acids is 1. The van der Waals surface area contributed by atoms with E-state index in [1.807, 2.05) is 18.7 Å². The van der Waals surface area contributed by atoms with Crippen LogP contribution < -0.4 is 5.32 Å². The largest absolute Gasteiger partial charge is 0.361 e.